The molecular formula is C31H41N3O5. The van der Waals surface area contributed by atoms with Crippen molar-refractivity contribution in [2.75, 3.05) is 13.2 Å². The highest BCUT2D eigenvalue weighted by molar-refractivity contribution is 5.94. The lowest BCUT2D eigenvalue weighted by Gasteiger charge is -2.62. The Bertz CT molecular complexity index is 1220. The van der Waals surface area contributed by atoms with Gasteiger partial charge < -0.3 is 20.9 Å². The van der Waals surface area contributed by atoms with Crippen molar-refractivity contribution < 1.29 is 24.3 Å². The van der Waals surface area contributed by atoms with Gasteiger partial charge >= 0.3 is 0 Å². The molecule has 1 heterocycles. The number of nitrogens with two attached hydrogens (primary N) is 1. The number of nitrogens with zero attached hydrogens (tertiary/aromatic N) is 1. The molecular weight excluding hydrogens is 494 g/mol. The first-order chi connectivity index (χ1) is 18.6. The van der Waals surface area contributed by atoms with E-state index in [-0.39, 0.29) is 18.6 Å². The molecule has 1 saturated heterocycles. The van der Waals surface area contributed by atoms with E-state index in [1.165, 1.54) is 6.42 Å². The van der Waals surface area contributed by atoms with E-state index in [0.717, 1.165) is 23.1 Å². The lowest BCUT2D eigenvalue weighted by Crippen LogP contribution is -2.62. The summed E-state index contributed by atoms with van der Waals surface area (Å²) in [4.78, 5) is 31.6. The summed E-state index contributed by atoms with van der Waals surface area (Å²) in [6.07, 6.45) is 1.01. The van der Waals surface area contributed by atoms with E-state index in [1.54, 1.807) is 17.2 Å². The zero-order chi connectivity index (χ0) is 27.9. The standard InChI is InChI=1S/C31H41N3O5/c1-5-38-28-26(17-35)39-34(27(28)30(37)33-25-15-23-14-24(18(25)2)31(23,3)4)16-19-8-6-9-20(12-19)21-10-7-11-22(13-21)29(32)36/h6-13,18,23-28,35H,5,14-17H2,1-4H3,(H2,32,36)(H,33,37)/t18-,23+,24-,25-,26-,27-,28+/m0/s1. The van der Waals surface area contributed by atoms with E-state index in [2.05, 4.69) is 26.1 Å². The number of aliphatic hydroxyl groups excluding tert-OH is 1. The fourth-order valence-electron chi connectivity index (χ4n) is 7.10. The summed E-state index contributed by atoms with van der Waals surface area (Å²) < 4.78 is 5.98. The molecule has 0 unspecified atom stereocenters. The number of fused-ring (bicyclic) bond motifs is 2. The van der Waals surface area contributed by atoms with Crippen LogP contribution < -0.4 is 11.1 Å². The molecule has 0 radical (unpaired) electrons. The summed E-state index contributed by atoms with van der Waals surface area (Å²) in [5.41, 5.74) is 8.98. The van der Waals surface area contributed by atoms with Crippen LogP contribution in [0.2, 0.25) is 0 Å². The molecule has 4 N–H and O–H groups in total. The molecule has 2 bridgehead atoms. The SMILES string of the molecule is CCO[C@@H]1[C@H](CO)ON(Cc2cccc(-c3cccc(C(N)=O)c3)c2)[C@@H]1C(=O)N[C@H]1C[C@H]2C[C@@H]([C@@H]1C)C2(C)C. The number of hydroxylamine groups is 2. The normalized spacial score (nSPS) is 31.5. The van der Waals surface area contributed by atoms with Gasteiger partial charge in [0, 0.05) is 18.2 Å². The first-order valence-electron chi connectivity index (χ1n) is 14.1. The number of amides is 2. The number of rotatable bonds is 9. The Morgan fingerprint density at radius 1 is 1.15 bits per heavy atom. The quantitative estimate of drug-likeness (QED) is 0.453. The van der Waals surface area contributed by atoms with E-state index >= 15 is 0 Å². The van der Waals surface area contributed by atoms with Gasteiger partial charge in [-0.05, 0) is 77.8 Å². The lowest BCUT2D eigenvalue weighted by atomic mass is 9.45. The number of carbonyl (C=O) groups is 2. The van der Waals surface area contributed by atoms with Gasteiger partial charge in [-0.1, -0.05) is 51.1 Å². The summed E-state index contributed by atoms with van der Waals surface area (Å²) in [5.74, 6) is 1.05. The van der Waals surface area contributed by atoms with Crippen molar-refractivity contribution >= 4 is 11.8 Å². The van der Waals surface area contributed by atoms with Gasteiger partial charge in [-0.3, -0.25) is 14.4 Å². The molecule has 39 heavy (non-hydrogen) atoms. The molecule has 0 spiro atoms. The van der Waals surface area contributed by atoms with Gasteiger partial charge in [0.2, 0.25) is 11.8 Å². The molecule has 2 amide bonds. The number of carbonyl (C=O) groups excluding carboxylic acids is 2. The van der Waals surface area contributed by atoms with Crippen molar-refractivity contribution in [3.05, 3.63) is 59.7 Å². The van der Waals surface area contributed by atoms with Crippen LogP contribution in [0.1, 0.15) is 56.5 Å². The van der Waals surface area contributed by atoms with Gasteiger partial charge in [-0.2, -0.15) is 5.06 Å². The third kappa shape index (κ3) is 5.23. The fourth-order valence-corrected chi connectivity index (χ4v) is 7.10. The lowest BCUT2D eigenvalue weighted by molar-refractivity contribution is -0.183. The first kappa shape index (κ1) is 27.8. The third-order valence-corrected chi connectivity index (χ3v) is 9.49. The summed E-state index contributed by atoms with van der Waals surface area (Å²) in [6.45, 7) is 9.33. The number of ether oxygens (including phenoxy) is 1. The minimum Gasteiger partial charge on any atom is -0.393 e. The van der Waals surface area contributed by atoms with Crippen molar-refractivity contribution in [1.82, 2.24) is 10.4 Å². The number of primary amides is 1. The smallest absolute Gasteiger partial charge is 0.248 e. The van der Waals surface area contributed by atoms with Crippen molar-refractivity contribution in [3.63, 3.8) is 0 Å². The second kappa shape index (κ2) is 11.0. The maximum atomic E-state index is 13.8. The van der Waals surface area contributed by atoms with E-state index in [1.807, 2.05) is 43.3 Å². The average Bonchev–Trinajstić information content (AvgIpc) is 3.26. The zero-order valence-electron chi connectivity index (χ0n) is 23.3. The zero-order valence-corrected chi connectivity index (χ0v) is 23.3. The Labute approximate surface area is 230 Å². The highest BCUT2D eigenvalue weighted by Crippen LogP contribution is 2.61. The van der Waals surface area contributed by atoms with Gasteiger partial charge in [0.15, 0.2) is 0 Å². The van der Waals surface area contributed by atoms with E-state index in [0.29, 0.717) is 41.9 Å². The Kier molecular flexibility index (Phi) is 7.84. The average molecular weight is 536 g/mol. The van der Waals surface area contributed by atoms with Crippen molar-refractivity contribution in [3.8, 4) is 11.1 Å². The molecule has 6 rings (SSSR count). The highest BCUT2D eigenvalue weighted by Gasteiger charge is 2.57. The Hall–Kier alpha value is -2.78. The number of nitrogens with one attached hydrogen (secondary N) is 1. The molecule has 7 atom stereocenters. The maximum absolute atomic E-state index is 13.8. The van der Waals surface area contributed by atoms with Crippen LogP contribution in [-0.2, 0) is 20.9 Å². The molecule has 8 nitrogen and oxygen atoms in total. The van der Waals surface area contributed by atoms with Crippen molar-refractivity contribution in [2.24, 2.45) is 28.9 Å². The molecule has 2 aromatic rings. The Morgan fingerprint density at radius 3 is 2.51 bits per heavy atom. The molecule has 3 saturated carbocycles. The topological polar surface area (TPSA) is 114 Å². The molecule has 210 valence electrons. The van der Waals surface area contributed by atoms with Crippen LogP contribution in [0.4, 0.5) is 0 Å². The van der Waals surface area contributed by atoms with Gasteiger partial charge in [-0.25, -0.2) is 0 Å². The number of benzene rings is 2. The van der Waals surface area contributed by atoms with Gasteiger partial charge in [0.25, 0.3) is 0 Å². The van der Waals surface area contributed by atoms with Crippen molar-refractivity contribution in [1.29, 1.82) is 0 Å². The monoisotopic (exact) mass is 535 g/mol. The summed E-state index contributed by atoms with van der Waals surface area (Å²) >= 11 is 0. The van der Waals surface area contributed by atoms with Gasteiger partial charge in [0.1, 0.15) is 18.2 Å². The van der Waals surface area contributed by atoms with Gasteiger partial charge in [-0.15, -0.1) is 0 Å². The highest BCUT2D eigenvalue weighted by atomic mass is 16.7. The van der Waals surface area contributed by atoms with E-state index in [9.17, 15) is 14.7 Å². The van der Waals surface area contributed by atoms with Crippen LogP contribution in [0.25, 0.3) is 11.1 Å². The first-order valence-corrected chi connectivity index (χ1v) is 14.1. The van der Waals surface area contributed by atoms with Crippen LogP contribution in [0, 0.1) is 23.2 Å². The summed E-state index contributed by atoms with van der Waals surface area (Å²) in [6, 6.07) is 14.5. The van der Waals surface area contributed by atoms with Crippen LogP contribution >= 0.6 is 0 Å². The Balaban J connectivity index is 1.36. The molecule has 4 fully saturated rings. The number of aliphatic hydroxyl groups is 1. The minimum absolute atomic E-state index is 0.118. The minimum atomic E-state index is -0.692. The molecule has 1 aliphatic heterocycles. The Morgan fingerprint density at radius 2 is 1.87 bits per heavy atom. The van der Waals surface area contributed by atoms with Crippen molar-refractivity contribution in [2.45, 2.75) is 71.4 Å². The van der Waals surface area contributed by atoms with Crippen LogP contribution in [0.3, 0.4) is 0 Å². The fraction of sp³-hybridized carbons (Fsp3) is 0.548. The molecule has 3 aliphatic carbocycles. The largest absolute Gasteiger partial charge is 0.393 e. The molecule has 2 aromatic carbocycles. The summed E-state index contributed by atoms with van der Waals surface area (Å²) in [7, 11) is 0. The molecule has 0 aromatic heterocycles. The predicted molar refractivity (Wildman–Crippen MR) is 148 cm³/mol. The summed E-state index contributed by atoms with van der Waals surface area (Å²) in [5, 5.41) is 15.1. The van der Waals surface area contributed by atoms with Crippen LogP contribution in [0.5, 0.6) is 0 Å². The maximum Gasteiger partial charge on any atom is 0.248 e. The predicted octanol–water partition coefficient (Wildman–Crippen LogP) is 3.52. The van der Waals surface area contributed by atoms with Crippen LogP contribution in [-0.4, -0.2) is 59.5 Å². The number of hydrogen-bond acceptors (Lipinski definition) is 6. The second-order valence-corrected chi connectivity index (χ2v) is 12.0. The third-order valence-electron chi connectivity index (χ3n) is 9.49. The number of hydrogen-bond donors (Lipinski definition) is 3. The van der Waals surface area contributed by atoms with E-state index < -0.39 is 24.2 Å². The molecule has 8 heteroatoms. The van der Waals surface area contributed by atoms with Gasteiger partial charge in [0.05, 0.1) is 13.2 Å². The van der Waals surface area contributed by atoms with Crippen LogP contribution in [0.15, 0.2) is 48.5 Å². The second-order valence-electron chi connectivity index (χ2n) is 12.0. The van der Waals surface area contributed by atoms with E-state index in [4.69, 9.17) is 15.3 Å². The molecule has 4 aliphatic rings.